The molecule has 2 heterocycles. The number of phenolic OH excluding ortho intramolecular Hbond substituents is 1. The second-order valence-electron chi connectivity index (χ2n) is 8.31. The number of anilines is 3. The van der Waals surface area contributed by atoms with E-state index in [0.29, 0.717) is 28.1 Å². The van der Waals surface area contributed by atoms with E-state index in [2.05, 4.69) is 21.3 Å². The Labute approximate surface area is 198 Å². The largest absolute Gasteiger partial charge is 0.507 e. The number of aromatic hydroxyl groups is 1. The van der Waals surface area contributed by atoms with Gasteiger partial charge in [0.2, 0.25) is 5.91 Å². The Kier molecular flexibility index (Phi) is 6.95. The van der Waals surface area contributed by atoms with Gasteiger partial charge < -0.3 is 26.8 Å². The van der Waals surface area contributed by atoms with E-state index < -0.39 is 0 Å². The molecule has 174 valence electrons. The molecular weight excluding hydrogens is 428 g/mol. The molecule has 0 saturated carbocycles. The van der Waals surface area contributed by atoms with E-state index in [1.807, 2.05) is 18.2 Å². The highest BCUT2D eigenvalue weighted by molar-refractivity contribution is 5.96. The molecule has 4 rings (SSSR count). The highest BCUT2D eigenvalue weighted by Gasteiger charge is 2.20. The minimum absolute atomic E-state index is 0.0697. The predicted octanol–water partition coefficient (Wildman–Crippen LogP) is 3.85. The van der Waals surface area contributed by atoms with E-state index >= 15 is 0 Å². The third kappa shape index (κ3) is 4.80. The number of nitrogens with one attached hydrogen (secondary N) is 1. The number of pyridine rings is 1. The average molecular weight is 457 g/mol. The lowest BCUT2D eigenvalue weighted by atomic mass is 9.97. The van der Waals surface area contributed by atoms with Gasteiger partial charge in [-0.1, -0.05) is 18.2 Å². The number of nitrogens with zero attached hydrogens (tertiary/aromatic N) is 3. The third-order valence-corrected chi connectivity index (χ3v) is 5.99. The molecule has 1 amide bonds. The molecule has 0 bridgehead atoms. The van der Waals surface area contributed by atoms with E-state index in [9.17, 15) is 15.2 Å². The van der Waals surface area contributed by atoms with Crippen LogP contribution >= 0.6 is 0 Å². The zero-order valence-corrected chi connectivity index (χ0v) is 18.9. The van der Waals surface area contributed by atoms with Gasteiger partial charge in [0.1, 0.15) is 23.2 Å². The molecule has 0 radical (unpaired) electrons. The molecule has 8 heteroatoms. The molecule has 1 fully saturated rings. The fourth-order valence-electron chi connectivity index (χ4n) is 4.30. The molecule has 6 N–H and O–H groups in total. The monoisotopic (exact) mass is 456 g/mol. The van der Waals surface area contributed by atoms with E-state index in [1.165, 1.54) is 6.42 Å². The number of nitrogen functional groups attached to an aromatic ring is 1. The molecule has 2 aromatic carbocycles. The average Bonchev–Trinajstić information content (AvgIpc) is 2.84. The number of aromatic nitrogens is 1. The van der Waals surface area contributed by atoms with Crippen molar-refractivity contribution < 1.29 is 9.90 Å². The Hall–Kier alpha value is -4.09. The molecule has 0 unspecified atom stereocenters. The van der Waals surface area contributed by atoms with Gasteiger partial charge in [-0.15, -0.1) is 0 Å². The minimum atomic E-state index is -0.164. The Bertz CT molecular complexity index is 1240. The normalized spacial score (nSPS) is 13.4. The minimum Gasteiger partial charge on any atom is -0.507 e. The standard InChI is InChI=1S/C26H28N6O2/c27-11-10-25(34)30-22-14-17(8-9-23(22)32-12-4-1-5-13-32)19-15-21(31-26(29)20(19)16-28)18-6-2-3-7-24(18)33/h2-3,6-9,14-15,33H,1,4-5,10-13,27H2,(H2,29,31)(H,30,34). The fraction of sp³-hybridized carbons (Fsp3) is 0.269. The first-order chi connectivity index (χ1) is 16.5. The molecule has 8 nitrogen and oxygen atoms in total. The van der Waals surface area contributed by atoms with Crippen LogP contribution in [0.25, 0.3) is 22.4 Å². The summed E-state index contributed by atoms with van der Waals surface area (Å²) in [6, 6.07) is 16.5. The van der Waals surface area contributed by atoms with Gasteiger partial charge in [-0.2, -0.15) is 5.26 Å². The first kappa shape index (κ1) is 23.1. The van der Waals surface area contributed by atoms with Crippen LogP contribution in [0, 0.1) is 11.3 Å². The molecule has 1 saturated heterocycles. The molecule has 0 aliphatic carbocycles. The van der Waals surface area contributed by atoms with Crippen LogP contribution in [0.2, 0.25) is 0 Å². The van der Waals surface area contributed by atoms with Crippen molar-refractivity contribution in [1.82, 2.24) is 4.98 Å². The van der Waals surface area contributed by atoms with Crippen molar-refractivity contribution in [3.05, 3.63) is 54.1 Å². The van der Waals surface area contributed by atoms with Crippen molar-refractivity contribution in [2.24, 2.45) is 5.73 Å². The maximum absolute atomic E-state index is 12.4. The van der Waals surface area contributed by atoms with Gasteiger partial charge in [0.15, 0.2) is 0 Å². The van der Waals surface area contributed by atoms with E-state index in [1.54, 1.807) is 30.3 Å². The van der Waals surface area contributed by atoms with Crippen LogP contribution in [0.5, 0.6) is 5.75 Å². The summed E-state index contributed by atoms with van der Waals surface area (Å²) < 4.78 is 0. The van der Waals surface area contributed by atoms with Gasteiger partial charge in [0.25, 0.3) is 0 Å². The van der Waals surface area contributed by atoms with Gasteiger partial charge in [0, 0.05) is 37.2 Å². The van der Waals surface area contributed by atoms with Gasteiger partial charge in [-0.25, -0.2) is 4.98 Å². The zero-order valence-electron chi connectivity index (χ0n) is 18.9. The van der Waals surface area contributed by atoms with Crippen LogP contribution in [0.1, 0.15) is 31.2 Å². The lowest BCUT2D eigenvalue weighted by molar-refractivity contribution is -0.116. The molecule has 0 spiro atoms. The summed E-state index contributed by atoms with van der Waals surface area (Å²) in [6.07, 6.45) is 3.61. The summed E-state index contributed by atoms with van der Waals surface area (Å²) in [7, 11) is 0. The van der Waals surface area contributed by atoms with Crippen LogP contribution in [0.15, 0.2) is 48.5 Å². The maximum Gasteiger partial charge on any atom is 0.225 e. The van der Waals surface area contributed by atoms with Crippen molar-refractivity contribution in [2.45, 2.75) is 25.7 Å². The molecule has 0 atom stereocenters. The first-order valence-corrected chi connectivity index (χ1v) is 11.4. The number of piperidine rings is 1. The van der Waals surface area contributed by atoms with Crippen LogP contribution < -0.4 is 21.7 Å². The number of rotatable bonds is 6. The predicted molar refractivity (Wildman–Crippen MR) is 134 cm³/mol. The van der Waals surface area contributed by atoms with Gasteiger partial charge >= 0.3 is 0 Å². The molecule has 1 aromatic heterocycles. The lowest BCUT2D eigenvalue weighted by Gasteiger charge is -2.31. The number of hydrogen-bond donors (Lipinski definition) is 4. The summed E-state index contributed by atoms with van der Waals surface area (Å²) in [5.74, 6) is -0.0186. The molecular formula is C26H28N6O2. The van der Waals surface area contributed by atoms with Crippen molar-refractivity contribution in [2.75, 3.05) is 35.6 Å². The number of nitrogens with two attached hydrogens (primary N) is 2. The van der Waals surface area contributed by atoms with E-state index in [-0.39, 0.29) is 36.0 Å². The second kappa shape index (κ2) is 10.2. The van der Waals surface area contributed by atoms with Crippen molar-refractivity contribution in [1.29, 1.82) is 5.26 Å². The Balaban J connectivity index is 1.84. The highest BCUT2D eigenvalue weighted by Crippen LogP contribution is 2.38. The fourth-order valence-corrected chi connectivity index (χ4v) is 4.30. The topological polar surface area (TPSA) is 141 Å². The summed E-state index contributed by atoms with van der Waals surface area (Å²) >= 11 is 0. The summed E-state index contributed by atoms with van der Waals surface area (Å²) in [6.45, 7) is 2.10. The van der Waals surface area contributed by atoms with Gasteiger partial charge in [-0.3, -0.25) is 4.79 Å². The Morgan fingerprint density at radius 1 is 1.12 bits per heavy atom. The van der Waals surface area contributed by atoms with Crippen LogP contribution in [0.4, 0.5) is 17.2 Å². The van der Waals surface area contributed by atoms with Crippen LogP contribution in [-0.4, -0.2) is 35.6 Å². The van der Waals surface area contributed by atoms with Crippen molar-refractivity contribution in [3.63, 3.8) is 0 Å². The maximum atomic E-state index is 12.4. The number of amides is 1. The van der Waals surface area contributed by atoms with Crippen molar-refractivity contribution in [3.8, 4) is 34.2 Å². The molecule has 3 aromatic rings. The number of carbonyl (C=O) groups is 1. The smallest absolute Gasteiger partial charge is 0.225 e. The van der Waals surface area contributed by atoms with Gasteiger partial charge in [-0.05, 0) is 55.2 Å². The highest BCUT2D eigenvalue weighted by atomic mass is 16.3. The number of phenols is 1. The lowest BCUT2D eigenvalue weighted by Crippen LogP contribution is -2.30. The summed E-state index contributed by atoms with van der Waals surface area (Å²) in [4.78, 5) is 19.0. The second-order valence-corrected chi connectivity index (χ2v) is 8.31. The first-order valence-electron chi connectivity index (χ1n) is 11.4. The van der Waals surface area contributed by atoms with Crippen LogP contribution in [-0.2, 0) is 4.79 Å². The number of para-hydroxylation sites is 1. The van der Waals surface area contributed by atoms with E-state index in [4.69, 9.17) is 11.5 Å². The van der Waals surface area contributed by atoms with E-state index in [0.717, 1.165) is 31.6 Å². The molecule has 1 aliphatic rings. The Morgan fingerprint density at radius 2 is 1.88 bits per heavy atom. The SMILES string of the molecule is N#Cc1c(-c2ccc(N3CCCCC3)c(NC(=O)CCN)c2)cc(-c2ccccc2O)nc1N. The molecule has 34 heavy (non-hydrogen) atoms. The summed E-state index contributed by atoms with van der Waals surface area (Å²) in [5.41, 5.74) is 15.8. The Morgan fingerprint density at radius 3 is 2.59 bits per heavy atom. The van der Waals surface area contributed by atoms with Crippen LogP contribution in [0.3, 0.4) is 0 Å². The van der Waals surface area contributed by atoms with Crippen molar-refractivity contribution >= 4 is 23.1 Å². The summed E-state index contributed by atoms with van der Waals surface area (Å²) in [5, 5.41) is 23.1. The van der Waals surface area contributed by atoms with Gasteiger partial charge in [0.05, 0.1) is 17.1 Å². The quantitative estimate of drug-likeness (QED) is 0.441. The number of benzene rings is 2. The number of nitriles is 1. The number of hydrogen-bond acceptors (Lipinski definition) is 7. The molecule has 1 aliphatic heterocycles. The number of carbonyl (C=O) groups excluding carboxylic acids is 1. The zero-order chi connectivity index (χ0) is 24.1. The third-order valence-electron chi connectivity index (χ3n) is 5.99.